The first-order valence-electron chi connectivity index (χ1n) is 11.6. The Balaban J connectivity index is 0.000000827. The van der Waals surface area contributed by atoms with Gasteiger partial charge in [0.25, 0.3) is 0 Å². The molecule has 3 rings (SSSR count). The van der Waals surface area contributed by atoms with Gasteiger partial charge in [-0.25, -0.2) is 4.98 Å². The van der Waals surface area contributed by atoms with Gasteiger partial charge < -0.3 is 34.7 Å². The molecule has 7 nitrogen and oxygen atoms in total. The van der Waals surface area contributed by atoms with Gasteiger partial charge in [-0.2, -0.15) is 36.4 Å². The fourth-order valence-electron chi connectivity index (χ4n) is 2.99. The van der Waals surface area contributed by atoms with Crippen molar-refractivity contribution in [2.45, 2.75) is 38.8 Å². The van der Waals surface area contributed by atoms with Crippen LogP contribution in [0.2, 0.25) is 0 Å². The van der Waals surface area contributed by atoms with Crippen molar-refractivity contribution in [2.75, 3.05) is 43.9 Å². The van der Waals surface area contributed by atoms with Gasteiger partial charge in [-0.05, 0) is 26.3 Å². The molecule has 1 aliphatic carbocycles. The van der Waals surface area contributed by atoms with E-state index in [0.717, 1.165) is 44.1 Å². The summed E-state index contributed by atoms with van der Waals surface area (Å²) in [5, 5.41) is 8.47. The summed E-state index contributed by atoms with van der Waals surface area (Å²) in [6.07, 6.45) is -0.429. The molecule has 1 saturated carbocycles. The number of nitrogens with one attached hydrogen (secondary N) is 3. The topological polar surface area (TPSA) is 82.2 Å². The van der Waals surface area contributed by atoms with E-state index in [1.165, 1.54) is 0 Å². The predicted octanol–water partition coefficient (Wildman–Crippen LogP) is 1.66. The van der Waals surface area contributed by atoms with E-state index < -0.39 is 11.7 Å². The first-order valence-corrected chi connectivity index (χ1v) is 11.6. The summed E-state index contributed by atoms with van der Waals surface area (Å²) >= 11 is 0. The summed E-state index contributed by atoms with van der Waals surface area (Å²) in [5.74, 6) is -0.112. The minimum Gasteiger partial charge on any atom is -0.369 e. The molecule has 194 valence electrons. The monoisotopic (exact) mass is 498 g/mol. The smallest absolute Gasteiger partial charge is 0.369 e. The molecule has 0 radical (unpaired) electrons. The largest absolute Gasteiger partial charge is 1.00 e. The van der Waals surface area contributed by atoms with E-state index in [-0.39, 0.29) is 49.0 Å². The minimum absolute atomic E-state index is 0. The minimum atomic E-state index is -4.57. The number of alkyl halides is 3. The van der Waals surface area contributed by atoms with Gasteiger partial charge in [-0.15, -0.1) is 24.7 Å². The second kappa shape index (κ2) is 15.7. The molecule has 1 aromatic carbocycles. The first-order chi connectivity index (χ1) is 16.7. The Morgan fingerprint density at radius 2 is 1.94 bits per heavy atom. The number of anilines is 3. The van der Waals surface area contributed by atoms with E-state index in [9.17, 15) is 18.0 Å². The zero-order valence-electron chi connectivity index (χ0n) is 21.3. The SMILES string of the molecule is Cc1c[c-]ccc1Nc1ncc(C(F)(F)F)c(NCCCNC(=O)C2CCC2)n1.[CH2-]CN(C)C[CH2-].[Li+]. The van der Waals surface area contributed by atoms with Crippen LogP contribution in [0.5, 0.6) is 0 Å². The van der Waals surface area contributed by atoms with Crippen LogP contribution < -0.4 is 34.8 Å². The molecule has 0 spiro atoms. The molecule has 0 bridgehead atoms. The van der Waals surface area contributed by atoms with E-state index in [4.69, 9.17) is 0 Å². The standard InChI is InChI=1S/C20H23F3N5O.C5H11N.Li/c1-13-6-2-3-9-16(13)27-19-26-12-15(20(21,22)23)17(28-19)24-10-5-11-25-18(29)14-7-4-8-14;1-4-6(3)5-2;/h3,6,9,12,14H,4-5,7-8,10-11H2,1H3,(H,25,29)(H2,24,26,27,28);1-2,4-5H2,3H3;/q-1;-2;+1. The molecule has 11 heteroatoms. The van der Waals surface area contributed by atoms with Gasteiger partial charge in [0.1, 0.15) is 11.4 Å². The number of amides is 1. The van der Waals surface area contributed by atoms with Crippen molar-refractivity contribution in [1.29, 1.82) is 0 Å². The maximum Gasteiger partial charge on any atom is 1.00 e. The van der Waals surface area contributed by atoms with Gasteiger partial charge in [0.2, 0.25) is 11.9 Å². The third-order valence-corrected chi connectivity index (χ3v) is 5.60. The molecule has 2 aromatic rings. The molecule has 0 saturated heterocycles. The third kappa shape index (κ3) is 10.4. The van der Waals surface area contributed by atoms with Gasteiger partial charge in [0.05, 0.1) is 0 Å². The molecule has 1 aliphatic rings. The molecule has 1 aromatic heterocycles. The number of aromatic nitrogens is 2. The summed E-state index contributed by atoms with van der Waals surface area (Å²) in [6, 6.07) is 8.11. The number of hydrogen-bond acceptors (Lipinski definition) is 6. The molecule has 36 heavy (non-hydrogen) atoms. The van der Waals surface area contributed by atoms with Crippen molar-refractivity contribution in [3.05, 3.63) is 55.4 Å². The van der Waals surface area contributed by atoms with Gasteiger partial charge >= 0.3 is 25.0 Å². The van der Waals surface area contributed by atoms with Crippen LogP contribution in [0.15, 0.2) is 24.4 Å². The van der Waals surface area contributed by atoms with Crippen LogP contribution in [0, 0.1) is 32.8 Å². The molecule has 0 aliphatic heterocycles. The number of nitrogens with zero attached hydrogens (tertiary/aromatic N) is 3. The fourth-order valence-corrected chi connectivity index (χ4v) is 2.99. The van der Waals surface area contributed by atoms with Crippen molar-refractivity contribution in [3.63, 3.8) is 0 Å². The Hall–Kier alpha value is -2.28. The quantitative estimate of drug-likeness (QED) is 0.263. The second-order valence-corrected chi connectivity index (χ2v) is 8.32. The van der Waals surface area contributed by atoms with Crippen LogP contribution in [0.4, 0.5) is 30.6 Å². The summed E-state index contributed by atoms with van der Waals surface area (Å²) < 4.78 is 39.9. The second-order valence-electron chi connectivity index (χ2n) is 8.32. The Labute approximate surface area is 224 Å². The predicted molar refractivity (Wildman–Crippen MR) is 132 cm³/mol. The normalized spacial score (nSPS) is 13.1. The Bertz CT molecular complexity index is 936. The van der Waals surface area contributed by atoms with Crippen LogP contribution in [-0.2, 0) is 11.0 Å². The summed E-state index contributed by atoms with van der Waals surface area (Å²) in [6.45, 7) is 11.5. The van der Waals surface area contributed by atoms with Crippen LogP contribution in [0.3, 0.4) is 0 Å². The molecule has 3 N–H and O–H groups in total. The first kappa shape index (κ1) is 31.7. The van der Waals surface area contributed by atoms with Crippen LogP contribution in [0.25, 0.3) is 0 Å². The molecule has 1 fully saturated rings. The van der Waals surface area contributed by atoms with Crippen LogP contribution >= 0.6 is 0 Å². The number of halogens is 3. The molecular weight excluding hydrogens is 464 g/mol. The number of hydrogen-bond donors (Lipinski definition) is 3. The molecule has 0 atom stereocenters. The van der Waals surface area contributed by atoms with Crippen molar-refractivity contribution < 1.29 is 36.8 Å². The molecule has 0 unspecified atom stereocenters. The zero-order valence-corrected chi connectivity index (χ0v) is 21.3. The van der Waals surface area contributed by atoms with Crippen molar-refractivity contribution in [2.24, 2.45) is 5.92 Å². The number of carbonyl (C=O) groups is 1. The Morgan fingerprint density at radius 3 is 2.47 bits per heavy atom. The van der Waals surface area contributed by atoms with Gasteiger partial charge in [-0.3, -0.25) is 4.79 Å². The molecule has 1 heterocycles. The Kier molecular flexibility index (Phi) is 13.9. The van der Waals surface area contributed by atoms with Crippen molar-refractivity contribution in [1.82, 2.24) is 20.2 Å². The van der Waals surface area contributed by atoms with Crippen LogP contribution in [0.1, 0.15) is 36.8 Å². The van der Waals surface area contributed by atoms with Crippen LogP contribution in [-0.4, -0.2) is 54.0 Å². The van der Waals surface area contributed by atoms with Crippen molar-refractivity contribution >= 4 is 23.4 Å². The average molecular weight is 499 g/mol. The summed E-state index contributed by atoms with van der Waals surface area (Å²) in [5.41, 5.74) is 0.626. The Morgan fingerprint density at radius 1 is 1.25 bits per heavy atom. The van der Waals surface area contributed by atoms with Gasteiger partial charge in [0, 0.05) is 25.2 Å². The van der Waals surface area contributed by atoms with Gasteiger partial charge in [-0.1, -0.05) is 19.0 Å². The number of aryl methyl sites for hydroxylation is 1. The van der Waals surface area contributed by atoms with Crippen molar-refractivity contribution in [3.8, 4) is 0 Å². The molecule has 1 amide bonds. The maximum absolute atomic E-state index is 13.3. The summed E-state index contributed by atoms with van der Waals surface area (Å²) in [4.78, 5) is 21.6. The maximum atomic E-state index is 13.3. The number of rotatable bonds is 10. The summed E-state index contributed by atoms with van der Waals surface area (Å²) in [7, 11) is 1.99. The van der Waals surface area contributed by atoms with E-state index in [1.807, 2.05) is 18.9 Å². The van der Waals surface area contributed by atoms with E-state index in [2.05, 4.69) is 45.8 Å². The van der Waals surface area contributed by atoms with E-state index >= 15 is 0 Å². The zero-order chi connectivity index (χ0) is 25.8. The number of benzene rings is 1. The van der Waals surface area contributed by atoms with E-state index in [1.54, 1.807) is 18.2 Å². The fraction of sp³-hybridized carbons (Fsp3) is 0.480. The van der Waals surface area contributed by atoms with E-state index in [0.29, 0.717) is 18.7 Å². The number of carbonyl (C=O) groups excluding carboxylic acids is 1. The average Bonchev–Trinajstić information content (AvgIpc) is 2.78. The third-order valence-electron chi connectivity index (χ3n) is 5.60. The van der Waals surface area contributed by atoms with Gasteiger partial charge in [0.15, 0.2) is 0 Å². The molecular formula is C25H34F3LiN6O-2.